The van der Waals surface area contributed by atoms with E-state index < -0.39 is 27.5 Å². The standard InChI is InChI=1S/C11H10N4O4S2/c12-5-7-1-2-8(20-7)21(18,19)15-4-3-11(6-15)9(16)13-10(17)14-11/h1-2H,3-4,6H2,(H2,13,14,16,17). The summed E-state index contributed by atoms with van der Waals surface area (Å²) < 4.78 is 26.2. The molecule has 2 aliphatic heterocycles. The van der Waals surface area contributed by atoms with E-state index in [-0.39, 0.29) is 23.7 Å². The molecule has 1 atom stereocenters. The summed E-state index contributed by atoms with van der Waals surface area (Å²) in [6.07, 6.45) is 0.223. The Bertz CT molecular complexity index is 778. The molecule has 10 heteroatoms. The van der Waals surface area contributed by atoms with Crippen LogP contribution in [0.25, 0.3) is 0 Å². The van der Waals surface area contributed by atoms with Gasteiger partial charge in [0.2, 0.25) is 0 Å². The van der Waals surface area contributed by atoms with E-state index in [1.165, 1.54) is 12.1 Å². The quantitative estimate of drug-likeness (QED) is 0.716. The highest BCUT2D eigenvalue weighted by Crippen LogP contribution is 2.31. The molecule has 21 heavy (non-hydrogen) atoms. The monoisotopic (exact) mass is 326 g/mol. The molecule has 1 aromatic rings. The Hall–Kier alpha value is -1.96. The Kier molecular flexibility index (Phi) is 3.01. The number of carbonyl (C=O) groups is 2. The van der Waals surface area contributed by atoms with E-state index in [1.54, 1.807) is 0 Å². The van der Waals surface area contributed by atoms with Crippen molar-refractivity contribution in [2.75, 3.05) is 13.1 Å². The van der Waals surface area contributed by atoms with Crippen molar-refractivity contribution in [2.45, 2.75) is 16.2 Å². The largest absolute Gasteiger partial charge is 0.322 e. The number of sulfonamides is 1. The summed E-state index contributed by atoms with van der Waals surface area (Å²) in [5.41, 5.74) is -1.18. The van der Waals surface area contributed by atoms with E-state index in [0.717, 1.165) is 15.6 Å². The van der Waals surface area contributed by atoms with Crippen LogP contribution in [0.15, 0.2) is 16.3 Å². The molecule has 3 heterocycles. The van der Waals surface area contributed by atoms with Gasteiger partial charge in [0, 0.05) is 13.1 Å². The molecule has 2 fully saturated rings. The molecule has 3 amide bonds. The minimum atomic E-state index is -3.76. The molecule has 1 spiro atoms. The number of amides is 3. The normalized spacial score (nSPS) is 25.9. The Labute approximate surface area is 124 Å². The van der Waals surface area contributed by atoms with Gasteiger partial charge >= 0.3 is 6.03 Å². The fourth-order valence-corrected chi connectivity index (χ4v) is 5.20. The predicted molar refractivity (Wildman–Crippen MR) is 71.8 cm³/mol. The number of rotatable bonds is 2. The lowest BCUT2D eigenvalue weighted by Crippen LogP contribution is -2.49. The minimum absolute atomic E-state index is 0.0563. The van der Waals surface area contributed by atoms with Crippen LogP contribution in [0.4, 0.5) is 4.79 Å². The van der Waals surface area contributed by atoms with Crippen LogP contribution in [-0.4, -0.2) is 43.3 Å². The molecule has 1 unspecified atom stereocenters. The van der Waals surface area contributed by atoms with Crippen molar-refractivity contribution in [3.05, 3.63) is 17.0 Å². The molecular formula is C11H10N4O4S2. The third-order valence-corrected chi connectivity index (χ3v) is 6.84. The van der Waals surface area contributed by atoms with Crippen LogP contribution >= 0.6 is 11.3 Å². The summed E-state index contributed by atoms with van der Waals surface area (Å²) in [5, 5.41) is 13.4. The van der Waals surface area contributed by atoms with Gasteiger partial charge in [0.05, 0.1) is 0 Å². The second kappa shape index (κ2) is 4.52. The fourth-order valence-electron chi connectivity index (χ4n) is 2.44. The SMILES string of the molecule is N#Cc1ccc(S(=O)(=O)N2CCC3(C2)NC(=O)NC3=O)s1. The summed E-state index contributed by atoms with van der Waals surface area (Å²) in [4.78, 5) is 23.4. The van der Waals surface area contributed by atoms with Gasteiger partial charge in [-0.25, -0.2) is 13.2 Å². The van der Waals surface area contributed by atoms with E-state index in [0.29, 0.717) is 4.88 Å². The molecule has 0 bridgehead atoms. The maximum absolute atomic E-state index is 12.5. The molecular weight excluding hydrogens is 316 g/mol. The fraction of sp³-hybridized carbons (Fsp3) is 0.364. The molecule has 0 aromatic carbocycles. The predicted octanol–water partition coefficient (Wildman–Crippen LogP) is -0.408. The second-order valence-corrected chi connectivity index (χ2v) is 8.06. The van der Waals surface area contributed by atoms with E-state index in [4.69, 9.17) is 5.26 Å². The zero-order chi connectivity index (χ0) is 15.3. The summed E-state index contributed by atoms with van der Waals surface area (Å²) in [6.45, 7) is 0.0303. The highest BCUT2D eigenvalue weighted by molar-refractivity contribution is 7.91. The Balaban J connectivity index is 1.87. The number of imide groups is 1. The highest BCUT2D eigenvalue weighted by atomic mass is 32.2. The topological polar surface area (TPSA) is 119 Å². The first-order valence-corrected chi connectivity index (χ1v) is 8.27. The van der Waals surface area contributed by atoms with Gasteiger partial charge in [0.15, 0.2) is 0 Å². The third-order valence-electron chi connectivity index (χ3n) is 3.53. The van der Waals surface area contributed by atoms with Gasteiger partial charge in [-0.2, -0.15) is 9.57 Å². The van der Waals surface area contributed by atoms with Gasteiger partial charge in [-0.3, -0.25) is 10.1 Å². The molecule has 1 aromatic heterocycles. The van der Waals surface area contributed by atoms with Crippen molar-refractivity contribution < 1.29 is 18.0 Å². The lowest BCUT2D eigenvalue weighted by Gasteiger charge is -2.20. The average Bonchev–Trinajstić information content (AvgIpc) is 3.11. The number of hydrogen-bond acceptors (Lipinski definition) is 6. The summed E-state index contributed by atoms with van der Waals surface area (Å²) in [7, 11) is -3.76. The van der Waals surface area contributed by atoms with Gasteiger partial charge in [-0.05, 0) is 18.6 Å². The van der Waals surface area contributed by atoms with Gasteiger partial charge in [0.1, 0.15) is 20.7 Å². The smallest absolute Gasteiger partial charge is 0.322 e. The van der Waals surface area contributed by atoms with Crippen LogP contribution in [0.2, 0.25) is 0 Å². The Morgan fingerprint density at radius 3 is 2.71 bits per heavy atom. The maximum Gasteiger partial charge on any atom is 0.322 e. The number of hydrogen-bond donors (Lipinski definition) is 2. The lowest BCUT2D eigenvalue weighted by atomic mass is 10.00. The Morgan fingerprint density at radius 1 is 1.38 bits per heavy atom. The molecule has 110 valence electrons. The van der Waals surface area contributed by atoms with Gasteiger partial charge in [0.25, 0.3) is 15.9 Å². The highest BCUT2D eigenvalue weighted by Gasteiger charge is 2.53. The number of nitriles is 1. The van der Waals surface area contributed by atoms with Crippen LogP contribution in [0.5, 0.6) is 0 Å². The van der Waals surface area contributed by atoms with Gasteiger partial charge in [-0.1, -0.05) is 0 Å². The van der Waals surface area contributed by atoms with Gasteiger partial charge < -0.3 is 5.32 Å². The number of nitrogens with one attached hydrogen (secondary N) is 2. The van der Waals surface area contributed by atoms with E-state index in [1.807, 2.05) is 6.07 Å². The van der Waals surface area contributed by atoms with Crippen LogP contribution < -0.4 is 10.6 Å². The first-order chi connectivity index (χ1) is 9.87. The van der Waals surface area contributed by atoms with E-state index in [9.17, 15) is 18.0 Å². The number of thiophene rings is 1. The van der Waals surface area contributed by atoms with E-state index in [2.05, 4.69) is 10.6 Å². The van der Waals surface area contributed by atoms with Crippen LogP contribution in [0, 0.1) is 11.3 Å². The molecule has 0 aliphatic carbocycles. The molecule has 8 nitrogen and oxygen atoms in total. The summed E-state index contributed by atoms with van der Waals surface area (Å²) in [5.74, 6) is -0.505. The van der Waals surface area contributed by atoms with Crippen molar-refractivity contribution in [3.63, 3.8) is 0 Å². The van der Waals surface area contributed by atoms with Crippen molar-refractivity contribution in [2.24, 2.45) is 0 Å². The van der Waals surface area contributed by atoms with E-state index >= 15 is 0 Å². The third kappa shape index (κ3) is 2.10. The second-order valence-electron chi connectivity index (χ2n) is 4.81. The summed E-state index contributed by atoms with van der Waals surface area (Å²) >= 11 is 0.880. The van der Waals surface area contributed by atoms with Crippen LogP contribution in [0.1, 0.15) is 11.3 Å². The van der Waals surface area contributed by atoms with Crippen molar-refractivity contribution in [3.8, 4) is 6.07 Å². The average molecular weight is 326 g/mol. The molecule has 0 radical (unpaired) electrons. The number of nitrogens with zero attached hydrogens (tertiary/aromatic N) is 2. The lowest BCUT2D eigenvalue weighted by molar-refractivity contribution is -0.123. The van der Waals surface area contributed by atoms with Crippen molar-refractivity contribution >= 4 is 33.3 Å². The zero-order valence-corrected chi connectivity index (χ0v) is 12.3. The minimum Gasteiger partial charge on any atom is -0.322 e. The first-order valence-electron chi connectivity index (χ1n) is 6.01. The van der Waals surface area contributed by atoms with Crippen molar-refractivity contribution in [1.82, 2.24) is 14.9 Å². The molecule has 2 saturated heterocycles. The molecule has 2 aliphatic rings. The molecule has 3 rings (SSSR count). The zero-order valence-electron chi connectivity index (χ0n) is 10.6. The first kappa shape index (κ1) is 14.0. The number of carbonyl (C=O) groups excluding carboxylic acids is 2. The number of urea groups is 1. The Morgan fingerprint density at radius 2 is 2.14 bits per heavy atom. The summed E-state index contributed by atoms with van der Waals surface area (Å²) in [6, 6.07) is 4.09. The van der Waals surface area contributed by atoms with Crippen LogP contribution in [0.3, 0.4) is 0 Å². The maximum atomic E-state index is 12.5. The molecule has 0 saturated carbocycles. The molecule has 2 N–H and O–H groups in total. The van der Waals surface area contributed by atoms with Gasteiger partial charge in [-0.15, -0.1) is 11.3 Å². The van der Waals surface area contributed by atoms with Crippen molar-refractivity contribution in [1.29, 1.82) is 5.26 Å². The van der Waals surface area contributed by atoms with Crippen LogP contribution in [-0.2, 0) is 14.8 Å².